The highest BCUT2D eigenvalue weighted by Gasteiger charge is 2.01. The van der Waals surface area contributed by atoms with Crippen LogP contribution in [0.2, 0.25) is 0 Å². The summed E-state index contributed by atoms with van der Waals surface area (Å²) < 4.78 is 3.88. The summed E-state index contributed by atoms with van der Waals surface area (Å²) in [6, 6.07) is 0. The molecule has 0 aromatic heterocycles. The number of carbonyl (C=O) groups is 1. The van der Waals surface area contributed by atoms with E-state index in [0.717, 1.165) is 0 Å². The third-order valence-corrected chi connectivity index (χ3v) is 0.664. The zero-order valence-electron chi connectivity index (χ0n) is 4.52. The van der Waals surface area contributed by atoms with Crippen LogP contribution in [0.5, 0.6) is 0 Å². The molecule has 5 nitrogen and oxygen atoms in total. The molecule has 56 valence electrons. The average Bonchev–Trinajstić information content (AvgIpc) is 1.61. The molecule has 0 radical (unpaired) electrons. The van der Waals surface area contributed by atoms with Crippen molar-refractivity contribution in [2.24, 2.45) is 0 Å². The van der Waals surface area contributed by atoms with Crippen molar-refractivity contribution in [1.82, 2.24) is 0 Å². The normalized spacial score (nSPS) is 8.78. The van der Waals surface area contributed by atoms with Gasteiger partial charge in [0.25, 0.3) is 0 Å². The number of carboxylic acid groups (broad SMARTS) is 1. The second-order valence-electron chi connectivity index (χ2n) is 0.920. The molecule has 0 aliphatic heterocycles. The molecule has 0 aromatic carbocycles. The van der Waals surface area contributed by atoms with Crippen LogP contribution in [0.25, 0.3) is 0 Å². The Morgan fingerprint density at radius 2 is 2.00 bits per heavy atom. The maximum atomic E-state index is 9.57. The first kappa shape index (κ1) is 11.9. The van der Waals surface area contributed by atoms with Crippen LogP contribution in [0.15, 0.2) is 0 Å². The van der Waals surface area contributed by atoms with E-state index in [9.17, 15) is 4.79 Å². The monoisotopic (exact) mass is 174 g/mol. The first-order valence-corrected chi connectivity index (χ1v) is 2.82. The molecule has 7 heteroatoms. The van der Waals surface area contributed by atoms with Crippen LogP contribution in [-0.4, -0.2) is 27.5 Å². The maximum absolute atomic E-state index is 9.57. The van der Waals surface area contributed by atoms with Gasteiger partial charge in [-0.2, -0.15) is 9.90 Å². The Labute approximate surface area is 56.3 Å². The van der Waals surface area contributed by atoms with E-state index < -0.39 is 21.2 Å². The van der Waals surface area contributed by atoms with Crippen molar-refractivity contribution in [3.63, 3.8) is 0 Å². The SMILES string of the molecule is O=C(O)COP(O)O.P. The van der Waals surface area contributed by atoms with Crippen molar-refractivity contribution in [3.8, 4) is 0 Å². The highest BCUT2D eigenvalue weighted by atomic mass is 31.2. The smallest absolute Gasteiger partial charge is 0.330 e. The Bertz CT molecular complexity index is 83.0. The van der Waals surface area contributed by atoms with Crippen LogP contribution in [0.4, 0.5) is 0 Å². The zero-order chi connectivity index (χ0) is 6.57. The van der Waals surface area contributed by atoms with Crippen LogP contribution in [0.3, 0.4) is 0 Å². The van der Waals surface area contributed by atoms with Gasteiger partial charge < -0.3 is 19.4 Å². The molecular formula is C2H8O5P2. The number of aliphatic carboxylic acids is 1. The van der Waals surface area contributed by atoms with E-state index in [1.165, 1.54) is 0 Å². The Kier molecular flexibility index (Phi) is 8.40. The molecule has 0 aliphatic rings. The zero-order valence-corrected chi connectivity index (χ0v) is 6.83. The minimum atomic E-state index is -2.51. The summed E-state index contributed by atoms with van der Waals surface area (Å²) in [5.74, 6) is -1.22. The van der Waals surface area contributed by atoms with E-state index in [1.807, 2.05) is 0 Å². The fourth-order valence-corrected chi connectivity index (χ4v) is 0.339. The Hall–Kier alpha value is 0.210. The summed E-state index contributed by atoms with van der Waals surface area (Å²) in [7, 11) is -2.51. The highest BCUT2D eigenvalue weighted by Crippen LogP contribution is 2.23. The van der Waals surface area contributed by atoms with Crippen LogP contribution in [0.1, 0.15) is 0 Å². The molecule has 0 amide bonds. The second-order valence-corrected chi connectivity index (χ2v) is 1.68. The van der Waals surface area contributed by atoms with Gasteiger partial charge in [-0.05, 0) is 0 Å². The topological polar surface area (TPSA) is 87.0 Å². The molecule has 0 fully saturated rings. The minimum Gasteiger partial charge on any atom is -0.480 e. The third-order valence-electron chi connectivity index (χ3n) is 0.303. The molecule has 0 saturated heterocycles. The molecule has 0 spiro atoms. The van der Waals surface area contributed by atoms with Gasteiger partial charge in [0, 0.05) is 0 Å². The lowest BCUT2D eigenvalue weighted by Crippen LogP contribution is -2.03. The van der Waals surface area contributed by atoms with E-state index in [2.05, 4.69) is 4.52 Å². The molecule has 0 rings (SSSR count). The molecule has 0 aromatic rings. The van der Waals surface area contributed by atoms with Crippen LogP contribution >= 0.6 is 18.5 Å². The van der Waals surface area contributed by atoms with E-state index in [0.29, 0.717) is 0 Å². The van der Waals surface area contributed by atoms with Crippen molar-refractivity contribution in [2.75, 3.05) is 6.61 Å². The summed E-state index contributed by atoms with van der Waals surface area (Å²) in [5.41, 5.74) is 0. The fourth-order valence-electron chi connectivity index (χ4n) is 0.113. The molecule has 3 N–H and O–H groups in total. The van der Waals surface area contributed by atoms with E-state index in [-0.39, 0.29) is 9.90 Å². The molecule has 0 aliphatic carbocycles. The first-order chi connectivity index (χ1) is 3.63. The number of rotatable bonds is 3. The van der Waals surface area contributed by atoms with Crippen LogP contribution in [-0.2, 0) is 9.32 Å². The molecule has 0 bridgehead atoms. The lowest BCUT2D eigenvalue weighted by Gasteiger charge is -1.96. The van der Waals surface area contributed by atoms with Gasteiger partial charge in [-0.25, -0.2) is 4.79 Å². The van der Waals surface area contributed by atoms with Gasteiger partial charge in [0.2, 0.25) is 0 Å². The molecule has 1 unspecified atom stereocenters. The summed E-state index contributed by atoms with van der Waals surface area (Å²) in [6.07, 6.45) is 0. The largest absolute Gasteiger partial charge is 0.480 e. The molecule has 9 heavy (non-hydrogen) atoms. The van der Waals surface area contributed by atoms with Crippen molar-refractivity contribution >= 4 is 24.5 Å². The lowest BCUT2D eigenvalue weighted by atomic mass is 10.8. The molecule has 1 atom stereocenters. The summed E-state index contributed by atoms with van der Waals surface area (Å²) in [4.78, 5) is 25.4. The molecule has 0 saturated carbocycles. The minimum absolute atomic E-state index is 0. The van der Waals surface area contributed by atoms with Crippen molar-refractivity contribution in [2.45, 2.75) is 0 Å². The average molecular weight is 174 g/mol. The first-order valence-electron chi connectivity index (χ1n) is 1.65. The highest BCUT2D eigenvalue weighted by molar-refractivity contribution is 7.39. The van der Waals surface area contributed by atoms with Crippen molar-refractivity contribution < 1.29 is 24.2 Å². The summed E-state index contributed by atoms with van der Waals surface area (Å²) >= 11 is 0. The number of hydrogen-bond donors (Lipinski definition) is 3. The van der Waals surface area contributed by atoms with Gasteiger partial charge in [0.1, 0.15) is 0 Å². The predicted molar refractivity (Wildman–Crippen MR) is 36.1 cm³/mol. The third kappa shape index (κ3) is 11.7. The number of carboxylic acids is 1. The van der Waals surface area contributed by atoms with Gasteiger partial charge in [-0.15, -0.1) is 0 Å². The second kappa shape index (κ2) is 6.33. The van der Waals surface area contributed by atoms with E-state index in [4.69, 9.17) is 14.9 Å². The standard InChI is InChI=1S/C2H5O5P.H3P/c3-2(4)1-7-8(5)6;/h5-6H,1H2,(H,3,4);1H3. The molecule has 0 heterocycles. The quantitative estimate of drug-likeness (QED) is 0.495. The summed E-state index contributed by atoms with van der Waals surface area (Å²) in [6.45, 7) is -0.668. The maximum Gasteiger partial charge on any atom is 0.330 e. The van der Waals surface area contributed by atoms with Gasteiger partial charge in [0.15, 0.2) is 6.61 Å². The van der Waals surface area contributed by atoms with Gasteiger partial charge in [-0.1, -0.05) is 0 Å². The van der Waals surface area contributed by atoms with Crippen molar-refractivity contribution in [3.05, 3.63) is 0 Å². The number of hydrogen-bond acceptors (Lipinski definition) is 4. The van der Waals surface area contributed by atoms with Gasteiger partial charge >= 0.3 is 14.6 Å². The fraction of sp³-hybridized carbons (Fsp3) is 0.500. The van der Waals surface area contributed by atoms with Gasteiger partial charge in [-0.3, -0.25) is 0 Å². The Balaban J connectivity index is 0. The predicted octanol–water partition coefficient (Wildman–Crippen LogP) is -0.643. The Morgan fingerprint density at radius 3 is 2.11 bits per heavy atom. The van der Waals surface area contributed by atoms with Crippen molar-refractivity contribution in [1.29, 1.82) is 0 Å². The summed E-state index contributed by atoms with van der Waals surface area (Å²) in [5, 5.41) is 7.83. The lowest BCUT2D eigenvalue weighted by molar-refractivity contribution is -0.139. The van der Waals surface area contributed by atoms with Gasteiger partial charge in [0.05, 0.1) is 0 Å². The molecular weight excluding hydrogens is 166 g/mol. The van der Waals surface area contributed by atoms with Crippen LogP contribution < -0.4 is 0 Å². The van der Waals surface area contributed by atoms with E-state index >= 15 is 0 Å². The Morgan fingerprint density at radius 1 is 1.56 bits per heavy atom. The van der Waals surface area contributed by atoms with Crippen LogP contribution in [0, 0.1) is 0 Å². The van der Waals surface area contributed by atoms with E-state index in [1.54, 1.807) is 0 Å².